The fraction of sp³-hybridized carbons (Fsp3) is 0.562. The Balaban J connectivity index is 1.64. The smallest absolute Gasteiger partial charge is 0.335 e. The lowest BCUT2D eigenvalue weighted by Crippen LogP contribution is -2.34. The van der Waals surface area contributed by atoms with Crippen LogP contribution in [0.5, 0.6) is 0 Å². The summed E-state index contributed by atoms with van der Waals surface area (Å²) >= 11 is 0. The lowest BCUT2D eigenvalue weighted by Gasteiger charge is -2.28. The molecule has 19 heavy (non-hydrogen) atoms. The largest absolute Gasteiger partial charge is 0.478 e. The van der Waals surface area contributed by atoms with Gasteiger partial charge in [0.15, 0.2) is 0 Å². The fourth-order valence-corrected chi connectivity index (χ4v) is 3.13. The predicted octanol–water partition coefficient (Wildman–Crippen LogP) is 3.01. The summed E-state index contributed by atoms with van der Waals surface area (Å²) in [6.07, 6.45) is 5.57. The molecule has 0 amide bonds. The summed E-state index contributed by atoms with van der Waals surface area (Å²) in [7, 11) is 2.21. The number of rotatable bonds is 6. The SMILES string of the molecule is CN(Cc1ccc(C(=O)O)cc1)C(C1CC1)C1CC1. The molecule has 0 unspecified atom stereocenters. The minimum atomic E-state index is -0.853. The molecular formula is C16H21NO2. The first kappa shape index (κ1) is 12.7. The molecule has 3 heteroatoms. The maximum atomic E-state index is 10.8. The maximum Gasteiger partial charge on any atom is 0.335 e. The van der Waals surface area contributed by atoms with Crippen LogP contribution >= 0.6 is 0 Å². The van der Waals surface area contributed by atoms with Crippen LogP contribution in [0.2, 0.25) is 0 Å². The lowest BCUT2D eigenvalue weighted by molar-refractivity contribution is 0.0697. The van der Waals surface area contributed by atoms with E-state index in [9.17, 15) is 4.79 Å². The van der Waals surface area contributed by atoms with E-state index in [0.717, 1.165) is 24.4 Å². The molecule has 3 nitrogen and oxygen atoms in total. The average molecular weight is 259 g/mol. The van der Waals surface area contributed by atoms with Gasteiger partial charge in [0.25, 0.3) is 0 Å². The van der Waals surface area contributed by atoms with Crippen LogP contribution in [0.3, 0.4) is 0 Å². The van der Waals surface area contributed by atoms with Gasteiger partial charge in [-0.15, -0.1) is 0 Å². The Labute approximate surface area is 114 Å². The van der Waals surface area contributed by atoms with Crippen molar-refractivity contribution >= 4 is 5.97 Å². The van der Waals surface area contributed by atoms with Gasteiger partial charge in [-0.2, -0.15) is 0 Å². The van der Waals surface area contributed by atoms with Crippen LogP contribution in [0.15, 0.2) is 24.3 Å². The highest BCUT2D eigenvalue weighted by atomic mass is 16.4. The first-order chi connectivity index (χ1) is 9.15. The summed E-state index contributed by atoms with van der Waals surface area (Å²) in [5, 5.41) is 8.90. The first-order valence-corrected chi connectivity index (χ1v) is 7.17. The van der Waals surface area contributed by atoms with Gasteiger partial charge in [-0.05, 0) is 62.3 Å². The van der Waals surface area contributed by atoms with Crippen molar-refractivity contribution in [3.8, 4) is 0 Å². The van der Waals surface area contributed by atoms with E-state index in [4.69, 9.17) is 5.11 Å². The molecule has 3 rings (SSSR count). The molecule has 0 atom stereocenters. The second-order valence-corrected chi connectivity index (χ2v) is 6.08. The fourth-order valence-electron chi connectivity index (χ4n) is 3.13. The van der Waals surface area contributed by atoms with Crippen LogP contribution in [0.1, 0.15) is 41.6 Å². The molecular weight excluding hydrogens is 238 g/mol. The number of aromatic carboxylic acids is 1. The van der Waals surface area contributed by atoms with E-state index in [1.54, 1.807) is 12.1 Å². The van der Waals surface area contributed by atoms with Gasteiger partial charge in [0.2, 0.25) is 0 Å². The van der Waals surface area contributed by atoms with Crippen molar-refractivity contribution in [2.24, 2.45) is 11.8 Å². The van der Waals surface area contributed by atoms with Crippen molar-refractivity contribution in [1.29, 1.82) is 0 Å². The van der Waals surface area contributed by atoms with Crippen LogP contribution < -0.4 is 0 Å². The normalized spacial score (nSPS) is 19.1. The Morgan fingerprint density at radius 3 is 2.16 bits per heavy atom. The molecule has 2 aliphatic rings. The van der Waals surface area contributed by atoms with E-state index in [1.165, 1.54) is 31.2 Å². The van der Waals surface area contributed by atoms with E-state index in [1.807, 2.05) is 12.1 Å². The zero-order valence-electron chi connectivity index (χ0n) is 11.4. The lowest BCUT2D eigenvalue weighted by atomic mass is 10.0. The highest BCUT2D eigenvalue weighted by Crippen LogP contribution is 2.47. The summed E-state index contributed by atoms with van der Waals surface area (Å²) in [6.45, 7) is 0.928. The predicted molar refractivity (Wildman–Crippen MR) is 74.1 cm³/mol. The van der Waals surface area contributed by atoms with Gasteiger partial charge in [0.1, 0.15) is 0 Å². The van der Waals surface area contributed by atoms with Gasteiger partial charge in [-0.3, -0.25) is 4.90 Å². The molecule has 2 fully saturated rings. The number of nitrogens with zero attached hydrogens (tertiary/aromatic N) is 1. The molecule has 102 valence electrons. The standard InChI is InChI=1S/C16H21NO2/c1-17(15(12-6-7-12)13-8-9-13)10-11-2-4-14(5-3-11)16(18)19/h2-5,12-13,15H,6-10H2,1H3,(H,18,19). The number of carboxylic acid groups (broad SMARTS) is 1. The number of benzene rings is 1. The minimum Gasteiger partial charge on any atom is -0.478 e. The van der Waals surface area contributed by atoms with Crippen molar-refractivity contribution < 1.29 is 9.90 Å². The van der Waals surface area contributed by atoms with Crippen LogP contribution in [0, 0.1) is 11.8 Å². The van der Waals surface area contributed by atoms with Crippen LogP contribution in [0.4, 0.5) is 0 Å². The summed E-state index contributed by atoms with van der Waals surface area (Å²) < 4.78 is 0. The van der Waals surface area contributed by atoms with Gasteiger partial charge >= 0.3 is 5.97 Å². The van der Waals surface area contributed by atoms with E-state index >= 15 is 0 Å². The molecule has 1 aromatic carbocycles. The van der Waals surface area contributed by atoms with Gasteiger partial charge in [0, 0.05) is 12.6 Å². The third-order valence-electron chi connectivity index (χ3n) is 4.35. The van der Waals surface area contributed by atoms with Crippen LogP contribution in [-0.4, -0.2) is 29.1 Å². The average Bonchev–Trinajstić information content (AvgIpc) is 3.24. The quantitative estimate of drug-likeness (QED) is 0.853. The zero-order chi connectivity index (χ0) is 13.4. The topological polar surface area (TPSA) is 40.5 Å². The molecule has 0 spiro atoms. The molecule has 0 aliphatic heterocycles. The molecule has 1 N–H and O–H groups in total. The monoisotopic (exact) mass is 259 g/mol. The van der Waals surface area contributed by atoms with E-state index in [-0.39, 0.29) is 0 Å². The number of hydrogen-bond acceptors (Lipinski definition) is 2. The number of hydrogen-bond donors (Lipinski definition) is 1. The van der Waals surface area contributed by atoms with Crippen molar-refractivity contribution in [1.82, 2.24) is 4.90 Å². The Morgan fingerprint density at radius 2 is 1.74 bits per heavy atom. The Morgan fingerprint density at radius 1 is 1.21 bits per heavy atom. The first-order valence-electron chi connectivity index (χ1n) is 7.17. The second-order valence-electron chi connectivity index (χ2n) is 6.08. The van der Waals surface area contributed by atoms with Gasteiger partial charge in [-0.1, -0.05) is 12.1 Å². The third-order valence-corrected chi connectivity index (χ3v) is 4.35. The highest BCUT2D eigenvalue weighted by Gasteiger charge is 2.43. The van der Waals surface area contributed by atoms with Gasteiger partial charge in [-0.25, -0.2) is 4.79 Å². The zero-order valence-corrected chi connectivity index (χ0v) is 11.4. The molecule has 2 aliphatic carbocycles. The van der Waals surface area contributed by atoms with E-state index in [2.05, 4.69) is 11.9 Å². The van der Waals surface area contributed by atoms with Gasteiger partial charge in [0.05, 0.1) is 5.56 Å². The van der Waals surface area contributed by atoms with Crippen molar-refractivity contribution in [3.05, 3.63) is 35.4 Å². The van der Waals surface area contributed by atoms with Crippen molar-refractivity contribution in [3.63, 3.8) is 0 Å². The van der Waals surface area contributed by atoms with Crippen molar-refractivity contribution in [2.75, 3.05) is 7.05 Å². The molecule has 0 saturated heterocycles. The summed E-state index contributed by atoms with van der Waals surface area (Å²) in [5.74, 6) is 0.973. The third kappa shape index (κ3) is 2.98. The molecule has 1 aromatic rings. The Hall–Kier alpha value is -1.35. The molecule has 0 radical (unpaired) electrons. The summed E-state index contributed by atoms with van der Waals surface area (Å²) in [6, 6.07) is 8.04. The number of carbonyl (C=O) groups is 1. The van der Waals surface area contributed by atoms with Crippen molar-refractivity contribution in [2.45, 2.75) is 38.3 Å². The molecule has 2 saturated carbocycles. The van der Waals surface area contributed by atoms with E-state index in [0.29, 0.717) is 5.56 Å². The summed E-state index contributed by atoms with van der Waals surface area (Å²) in [4.78, 5) is 13.3. The Kier molecular flexibility index (Phi) is 3.31. The van der Waals surface area contributed by atoms with Crippen LogP contribution in [0.25, 0.3) is 0 Å². The van der Waals surface area contributed by atoms with E-state index < -0.39 is 5.97 Å². The maximum absolute atomic E-state index is 10.8. The molecule has 0 bridgehead atoms. The second kappa shape index (κ2) is 4.97. The highest BCUT2D eigenvalue weighted by molar-refractivity contribution is 5.87. The Bertz CT molecular complexity index is 448. The molecule has 0 aromatic heterocycles. The van der Waals surface area contributed by atoms with Crippen LogP contribution in [-0.2, 0) is 6.54 Å². The molecule has 0 heterocycles. The number of carboxylic acids is 1. The minimum absolute atomic E-state index is 0.368. The van der Waals surface area contributed by atoms with Gasteiger partial charge < -0.3 is 5.11 Å². The summed E-state index contributed by atoms with van der Waals surface area (Å²) in [5.41, 5.74) is 1.58.